The van der Waals surface area contributed by atoms with E-state index in [-0.39, 0.29) is 5.97 Å². The standard InChI is InChI=1S/C13H16N2O2/c1-15(9-3-4-13(16)17-2)12-7-5-11(10-14)6-8-12/h5-8H,3-4,9H2,1-2H3. The van der Waals surface area contributed by atoms with Crippen LogP contribution in [0.15, 0.2) is 24.3 Å². The number of hydrogen-bond donors (Lipinski definition) is 0. The third-order valence-corrected chi connectivity index (χ3v) is 2.54. The summed E-state index contributed by atoms with van der Waals surface area (Å²) < 4.78 is 4.57. The molecular weight excluding hydrogens is 216 g/mol. The molecule has 0 radical (unpaired) electrons. The first-order valence-electron chi connectivity index (χ1n) is 5.45. The van der Waals surface area contributed by atoms with Gasteiger partial charge in [-0.3, -0.25) is 4.79 Å². The minimum absolute atomic E-state index is 0.182. The van der Waals surface area contributed by atoms with Crippen LogP contribution in [0.25, 0.3) is 0 Å². The first-order chi connectivity index (χ1) is 8.17. The molecule has 0 aliphatic carbocycles. The van der Waals surface area contributed by atoms with Crippen LogP contribution in [0.5, 0.6) is 0 Å². The molecule has 0 aromatic heterocycles. The number of ether oxygens (including phenoxy) is 1. The third kappa shape index (κ3) is 4.15. The van der Waals surface area contributed by atoms with E-state index >= 15 is 0 Å². The van der Waals surface area contributed by atoms with Crippen LogP contribution in [0.1, 0.15) is 18.4 Å². The highest BCUT2D eigenvalue weighted by Crippen LogP contribution is 2.13. The molecule has 0 aliphatic rings. The molecule has 4 nitrogen and oxygen atoms in total. The molecule has 0 unspecified atom stereocenters. The van der Waals surface area contributed by atoms with Gasteiger partial charge in [-0.05, 0) is 30.7 Å². The summed E-state index contributed by atoms with van der Waals surface area (Å²) >= 11 is 0. The smallest absolute Gasteiger partial charge is 0.305 e. The lowest BCUT2D eigenvalue weighted by molar-refractivity contribution is -0.140. The van der Waals surface area contributed by atoms with Gasteiger partial charge in [0.25, 0.3) is 0 Å². The fraction of sp³-hybridized carbons (Fsp3) is 0.385. The summed E-state index contributed by atoms with van der Waals surface area (Å²) in [6, 6.07) is 9.45. The number of nitrogens with zero attached hydrogens (tertiary/aromatic N) is 2. The van der Waals surface area contributed by atoms with Crippen LogP contribution in [0.4, 0.5) is 5.69 Å². The molecule has 4 heteroatoms. The van der Waals surface area contributed by atoms with E-state index in [1.165, 1.54) is 7.11 Å². The predicted molar refractivity (Wildman–Crippen MR) is 65.7 cm³/mol. The Balaban J connectivity index is 2.44. The number of nitriles is 1. The van der Waals surface area contributed by atoms with Gasteiger partial charge in [0.05, 0.1) is 18.7 Å². The van der Waals surface area contributed by atoms with E-state index in [0.29, 0.717) is 12.0 Å². The molecule has 90 valence electrons. The number of anilines is 1. The highest BCUT2D eigenvalue weighted by Gasteiger charge is 2.03. The molecule has 0 N–H and O–H groups in total. The molecule has 0 amide bonds. The Hall–Kier alpha value is -2.02. The van der Waals surface area contributed by atoms with Crippen molar-refractivity contribution in [3.05, 3.63) is 29.8 Å². The van der Waals surface area contributed by atoms with E-state index in [0.717, 1.165) is 18.7 Å². The molecule has 0 heterocycles. The Morgan fingerprint density at radius 2 is 2.06 bits per heavy atom. The van der Waals surface area contributed by atoms with Gasteiger partial charge in [0.2, 0.25) is 0 Å². The lowest BCUT2D eigenvalue weighted by atomic mass is 10.2. The summed E-state index contributed by atoms with van der Waals surface area (Å²) in [7, 11) is 3.35. The Morgan fingerprint density at radius 1 is 1.41 bits per heavy atom. The second-order valence-electron chi connectivity index (χ2n) is 3.76. The van der Waals surface area contributed by atoms with Crippen molar-refractivity contribution >= 4 is 11.7 Å². The van der Waals surface area contributed by atoms with Crippen LogP contribution in [0, 0.1) is 11.3 Å². The topological polar surface area (TPSA) is 53.3 Å². The SMILES string of the molecule is COC(=O)CCCN(C)c1ccc(C#N)cc1. The number of methoxy groups -OCH3 is 1. The second kappa shape index (κ2) is 6.54. The average Bonchev–Trinajstić information content (AvgIpc) is 2.38. The van der Waals surface area contributed by atoms with Crippen LogP contribution in [0.2, 0.25) is 0 Å². The molecule has 0 saturated heterocycles. The van der Waals surface area contributed by atoms with E-state index in [9.17, 15) is 4.79 Å². The Bertz CT molecular complexity index is 406. The number of carbonyl (C=O) groups is 1. The summed E-state index contributed by atoms with van der Waals surface area (Å²) in [6.07, 6.45) is 1.18. The van der Waals surface area contributed by atoms with Crippen molar-refractivity contribution in [3.8, 4) is 6.07 Å². The molecule has 0 saturated carbocycles. The highest BCUT2D eigenvalue weighted by atomic mass is 16.5. The minimum Gasteiger partial charge on any atom is -0.469 e. The minimum atomic E-state index is -0.182. The highest BCUT2D eigenvalue weighted by molar-refractivity contribution is 5.69. The van der Waals surface area contributed by atoms with E-state index in [4.69, 9.17) is 5.26 Å². The fourth-order valence-electron chi connectivity index (χ4n) is 1.48. The Labute approximate surface area is 101 Å². The lowest BCUT2D eigenvalue weighted by Gasteiger charge is -2.18. The summed E-state index contributed by atoms with van der Waals surface area (Å²) in [5, 5.41) is 8.68. The lowest BCUT2D eigenvalue weighted by Crippen LogP contribution is -2.19. The summed E-state index contributed by atoms with van der Waals surface area (Å²) in [5.74, 6) is -0.182. The van der Waals surface area contributed by atoms with Crippen LogP contribution < -0.4 is 4.90 Å². The zero-order chi connectivity index (χ0) is 12.7. The maximum absolute atomic E-state index is 10.9. The number of carbonyl (C=O) groups excluding carboxylic acids is 1. The molecule has 0 atom stereocenters. The van der Waals surface area contributed by atoms with Crippen molar-refractivity contribution in [1.29, 1.82) is 5.26 Å². The zero-order valence-electron chi connectivity index (χ0n) is 10.1. The maximum Gasteiger partial charge on any atom is 0.305 e. The Morgan fingerprint density at radius 3 is 2.59 bits per heavy atom. The van der Waals surface area contributed by atoms with E-state index in [1.54, 1.807) is 12.1 Å². The number of esters is 1. The molecule has 0 aliphatic heterocycles. The van der Waals surface area contributed by atoms with Crippen LogP contribution in [-0.4, -0.2) is 26.7 Å². The van der Waals surface area contributed by atoms with Gasteiger partial charge in [0.1, 0.15) is 0 Å². The van der Waals surface area contributed by atoms with Crippen molar-refractivity contribution in [2.75, 3.05) is 25.6 Å². The molecule has 17 heavy (non-hydrogen) atoms. The van der Waals surface area contributed by atoms with Gasteiger partial charge >= 0.3 is 5.97 Å². The fourth-order valence-corrected chi connectivity index (χ4v) is 1.48. The summed E-state index contributed by atoms with van der Waals surface area (Å²) in [5.41, 5.74) is 1.69. The number of hydrogen-bond acceptors (Lipinski definition) is 4. The van der Waals surface area contributed by atoms with Gasteiger partial charge in [-0.1, -0.05) is 0 Å². The van der Waals surface area contributed by atoms with Crippen molar-refractivity contribution in [3.63, 3.8) is 0 Å². The summed E-state index contributed by atoms with van der Waals surface area (Å²) in [6.45, 7) is 0.779. The predicted octanol–water partition coefficient (Wildman–Crippen LogP) is 1.95. The monoisotopic (exact) mass is 232 g/mol. The average molecular weight is 232 g/mol. The molecule has 1 rings (SSSR count). The second-order valence-corrected chi connectivity index (χ2v) is 3.76. The maximum atomic E-state index is 10.9. The van der Waals surface area contributed by atoms with Gasteiger partial charge in [0, 0.05) is 25.7 Å². The largest absolute Gasteiger partial charge is 0.469 e. The molecule has 0 bridgehead atoms. The summed E-state index contributed by atoms with van der Waals surface area (Å²) in [4.78, 5) is 13.0. The quantitative estimate of drug-likeness (QED) is 0.728. The Kier molecular flexibility index (Phi) is 5.02. The molecule has 0 spiro atoms. The zero-order valence-corrected chi connectivity index (χ0v) is 10.1. The normalized spacial score (nSPS) is 9.47. The number of rotatable bonds is 5. The van der Waals surface area contributed by atoms with Crippen molar-refractivity contribution in [2.24, 2.45) is 0 Å². The van der Waals surface area contributed by atoms with Crippen molar-refractivity contribution in [2.45, 2.75) is 12.8 Å². The van der Waals surface area contributed by atoms with Gasteiger partial charge in [-0.25, -0.2) is 0 Å². The van der Waals surface area contributed by atoms with Crippen molar-refractivity contribution in [1.82, 2.24) is 0 Å². The molecule has 1 aromatic carbocycles. The molecule has 0 fully saturated rings. The van der Waals surface area contributed by atoms with Gasteiger partial charge < -0.3 is 9.64 Å². The first-order valence-corrected chi connectivity index (χ1v) is 5.45. The van der Waals surface area contributed by atoms with Gasteiger partial charge in [-0.15, -0.1) is 0 Å². The third-order valence-electron chi connectivity index (χ3n) is 2.54. The van der Waals surface area contributed by atoms with Crippen LogP contribution in [-0.2, 0) is 9.53 Å². The van der Waals surface area contributed by atoms with Gasteiger partial charge in [0.15, 0.2) is 0 Å². The van der Waals surface area contributed by atoms with Crippen LogP contribution in [0.3, 0.4) is 0 Å². The van der Waals surface area contributed by atoms with Crippen molar-refractivity contribution < 1.29 is 9.53 Å². The molecular formula is C13H16N2O2. The first kappa shape index (κ1) is 13.0. The van der Waals surface area contributed by atoms with E-state index < -0.39 is 0 Å². The number of benzene rings is 1. The van der Waals surface area contributed by atoms with Gasteiger partial charge in [-0.2, -0.15) is 5.26 Å². The van der Waals surface area contributed by atoms with E-state index in [1.807, 2.05) is 24.1 Å². The molecule has 1 aromatic rings. The van der Waals surface area contributed by atoms with E-state index in [2.05, 4.69) is 10.8 Å². The van der Waals surface area contributed by atoms with Crippen LogP contribution >= 0.6 is 0 Å².